The molecule has 0 aromatic heterocycles. The van der Waals surface area contributed by atoms with Crippen LogP contribution >= 0.6 is 0 Å². The van der Waals surface area contributed by atoms with Gasteiger partial charge in [0.2, 0.25) is 0 Å². The molecule has 1 radical (unpaired) electrons. The minimum absolute atomic E-state index is 0.421. The van der Waals surface area contributed by atoms with E-state index in [0.29, 0.717) is 5.92 Å². The average molecular weight is 147 g/mol. The van der Waals surface area contributed by atoms with Crippen molar-refractivity contribution >= 4 is 0 Å². The monoisotopic (exact) mass is 147 g/mol. The summed E-state index contributed by atoms with van der Waals surface area (Å²) >= 11 is 0. The third-order valence-corrected chi connectivity index (χ3v) is 1.96. The van der Waals surface area contributed by atoms with Gasteiger partial charge in [-0.3, -0.25) is 0 Å². The van der Waals surface area contributed by atoms with Crippen molar-refractivity contribution in [2.75, 3.05) is 6.61 Å². The van der Waals surface area contributed by atoms with Gasteiger partial charge in [0, 0.05) is 0 Å². The molecule has 0 N–H and O–H groups in total. The number of hydrogen-bond donors (Lipinski definition) is 0. The van der Waals surface area contributed by atoms with Crippen molar-refractivity contribution in [3.8, 4) is 5.75 Å². The van der Waals surface area contributed by atoms with E-state index in [9.17, 15) is 0 Å². The van der Waals surface area contributed by atoms with Crippen molar-refractivity contribution in [2.45, 2.75) is 6.42 Å². The second-order valence-corrected chi connectivity index (χ2v) is 2.99. The summed E-state index contributed by atoms with van der Waals surface area (Å²) in [6.45, 7) is 4.73. The van der Waals surface area contributed by atoms with E-state index in [1.54, 1.807) is 0 Å². The van der Waals surface area contributed by atoms with Crippen LogP contribution in [0.15, 0.2) is 24.3 Å². The maximum absolute atomic E-state index is 5.47. The highest BCUT2D eigenvalue weighted by atomic mass is 16.5. The summed E-state index contributed by atoms with van der Waals surface area (Å²) in [5.41, 5.74) is 1.29. The van der Waals surface area contributed by atoms with E-state index in [0.717, 1.165) is 18.8 Å². The molecule has 2 rings (SSSR count). The molecule has 1 nitrogen and oxygen atoms in total. The summed E-state index contributed by atoms with van der Waals surface area (Å²) in [5, 5.41) is 0. The van der Waals surface area contributed by atoms with Crippen LogP contribution in [-0.2, 0) is 6.42 Å². The fraction of sp³-hybridized carbons (Fsp3) is 0.300. The topological polar surface area (TPSA) is 9.23 Å². The van der Waals surface area contributed by atoms with Crippen LogP contribution in [0.25, 0.3) is 0 Å². The molecule has 0 saturated carbocycles. The molecule has 0 bridgehead atoms. The predicted octanol–water partition coefficient (Wildman–Crippen LogP) is 2.07. The minimum atomic E-state index is 0.421. The van der Waals surface area contributed by atoms with Gasteiger partial charge >= 0.3 is 0 Å². The fourth-order valence-corrected chi connectivity index (χ4v) is 1.39. The molecule has 1 heteroatoms. The van der Waals surface area contributed by atoms with E-state index >= 15 is 0 Å². The molecule has 1 aliphatic heterocycles. The maximum Gasteiger partial charge on any atom is 0.122 e. The van der Waals surface area contributed by atoms with Gasteiger partial charge in [-0.25, -0.2) is 0 Å². The molecule has 0 fully saturated rings. The molecule has 0 saturated heterocycles. The molecule has 1 heterocycles. The van der Waals surface area contributed by atoms with Crippen molar-refractivity contribution in [1.82, 2.24) is 0 Å². The van der Waals surface area contributed by atoms with Crippen LogP contribution in [0.1, 0.15) is 5.56 Å². The van der Waals surface area contributed by atoms with Gasteiger partial charge in [-0.2, -0.15) is 0 Å². The number of hydrogen-bond acceptors (Lipinski definition) is 1. The predicted molar refractivity (Wildman–Crippen MR) is 44.5 cm³/mol. The van der Waals surface area contributed by atoms with E-state index in [2.05, 4.69) is 13.0 Å². The van der Waals surface area contributed by atoms with Crippen LogP contribution in [0.3, 0.4) is 0 Å². The zero-order valence-corrected chi connectivity index (χ0v) is 6.42. The number of para-hydroxylation sites is 1. The van der Waals surface area contributed by atoms with Crippen LogP contribution < -0.4 is 4.74 Å². The molecule has 11 heavy (non-hydrogen) atoms. The van der Waals surface area contributed by atoms with Crippen LogP contribution in [0.2, 0.25) is 0 Å². The second-order valence-electron chi connectivity index (χ2n) is 2.99. The first-order valence-electron chi connectivity index (χ1n) is 3.90. The molecule has 57 valence electrons. The number of fused-ring (bicyclic) bond motifs is 1. The number of rotatable bonds is 0. The fourth-order valence-electron chi connectivity index (χ4n) is 1.39. The van der Waals surface area contributed by atoms with Gasteiger partial charge in [-0.05, 0) is 30.9 Å². The molecule has 1 aliphatic rings. The van der Waals surface area contributed by atoms with E-state index in [-0.39, 0.29) is 0 Å². The Labute approximate surface area is 67.0 Å². The molecule has 1 atom stereocenters. The van der Waals surface area contributed by atoms with Crippen LogP contribution in [0.4, 0.5) is 0 Å². The highest BCUT2D eigenvalue weighted by molar-refractivity contribution is 5.35. The lowest BCUT2D eigenvalue weighted by Crippen LogP contribution is -2.17. The minimum Gasteiger partial charge on any atom is -0.493 e. The molecule has 1 aromatic carbocycles. The summed E-state index contributed by atoms with van der Waals surface area (Å²) < 4.78 is 5.47. The summed E-state index contributed by atoms with van der Waals surface area (Å²) in [7, 11) is 0. The SMILES string of the molecule is [CH2]C1COc2ccccc2C1. The van der Waals surface area contributed by atoms with Crippen LogP contribution in [0, 0.1) is 12.8 Å². The van der Waals surface area contributed by atoms with Gasteiger partial charge in [-0.15, -0.1) is 0 Å². The lowest BCUT2D eigenvalue weighted by atomic mass is 9.99. The Kier molecular flexibility index (Phi) is 1.57. The Hall–Kier alpha value is -0.980. The first-order chi connectivity index (χ1) is 5.36. The largest absolute Gasteiger partial charge is 0.493 e. The summed E-state index contributed by atoms with van der Waals surface area (Å²) in [5.74, 6) is 1.46. The zero-order valence-electron chi connectivity index (χ0n) is 6.42. The van der Waals surface area contributed by atoms with E-state index in [1.807, 2.05) is 18.2 Å². The van der Waals surface area contributed by atoms with Crippen molar-refractivity contribution in [3.05, 3.63) is 36.8 Å². The zero-order chi connectivity index (χ0) is 7.68. The summed E-state index contributed by atoms with van der Waals surface area (Å²) in [6, 6.07) is 8.16. The summed E-state index contributed by atoms with van der Waals surface area (Å²) in [4.78, 5) is 0. The lowest BCUT2D eigenvalue weighted by molar-refractivity contribution is 0.248. The van der Waals surface area contributed by atoms with Crippen molar-refractivity contribution in [3.63, 3.8) is 0 Å². The van der Waals surface area contributed by atoms with Gasteiger partial charge in [0.25, 0.3) is 0 Å². The van der Waals surface area contributed by atoms with Gasteiger partial charge < -0.3 is 4.74 Å². The van der Waals surface area contributed by atoms with Crippen molar-refractivity contribution in [1.29, 1.82) is 0 Å². The number of ether oxygens (including phenoxy) is 1. The standard InChI is InChI=1S/C10H11O/c1-8-6-9-4-2-3-5-10(9)11-7-8/h2-5,8H,1,6-7H2. The Bertz CT molecular complexity index is 255. The Balaban J connectivity index is 2.34. The van der Waals surface area contributed by atoms with Gasteiger partial charge in [0.05, 0.1) is 6.61 Å². The molecule has 0 amide bonds. The molecule has 1 aromatic rings. The average Bonchev–Trinajstić information content (AvgIpc) is 2.04. The van der Waals surface area contributed by atoms with Crippen LogP contribution in [0.5, 0.6) is 5.75 Å². The molecule has 0 aliphatic carbocycles. The van der Waals surface area contributed by atoms with E-state index < -0.39 is 0 Å². The Morgan fingerprint density at radius 1 is 1.36 bits per heavy atom. The molecular weight excluding hydrogens is 136 g/mol. The van der Waals surface area contributed by atoms with E-state index in [1.165, 1.54) is 5.56 Å². The van der Waals surface area contributed by atoms with E-state index in [4.69, 9.17) is 4.74 Å². The van der Waals surface area contributed by atoms with Crippen molar-refractivity contribution in [2.24, 2.45) is 5.92 Å². The maximum atomic E-state index is 5.47. The second kappa shape index (κ2) is 2.57. The number of benzene rings is 1. The third kappa shape index (κ3) is 1.23. The first-order valence-corrected chi connectivity index (χ1v) is 3.90. The third-order valence-electron chi connectivity index (χ3n) is 1.96. The van der Waals surface area contributed by atoms with Crippen molar-refractivity contribution < 1.29 is 4.74 Å². The molecule has 0 spiro atoms. The first kappa shape index (κ1) is 6.71. The highest BCUT2D eigenvalue weighted by Gasteiger charge is 2.14. The van der Waals surface area contributed by atoms with Gasteiger partial charge in [-0.1, -0.05) is 18.2 Å². The summed E-state index contributed by atoms with van der Waals surface area (Å²) in [6.07, 6.45) is 1.05. The smallest absolute Gasteiger partial charge is 0.122 e. The Morgan fingerprint density at radius 3 is 3.09 bits per heavy atom. The quantitative estimate of drug-likeness (QED) is 0.546. The highest BCUT2D eigenvalue weighted by Crippen LogP contribution is 2.25. The Morgan fingerprint density at radius 2 is 2.18 bits per heavy atom. The molecule has 1 unspecified atom stereocenters. The normalized spacial score (nSPS) is 22.1. The lowest BCUT2D eigenvalue weighted by Gasteiger charge is -2.21. The van der Waals surface area contributed by atoms with Gasteiger partial charge in [0.1, 0.15) is 5.75 Å². The van der Waals surface area contributed by atoms with Gasteiger partial charge in [0.15, 0.2) is 0 Å². The molecular formula is C10H11O. The van der Waals surface area contributed by atoms with Crippen LogP contribution in [-0.4, -0.2) is 6.61 Å².